The quantitative estimate of drug-likeness (QED) is 0.196. The number of para-hydroxylation sites is 1. The number of benzene rings is 4. The van der Waals surface area contributed by atoms with E-state index in [1.165, 1.54) is 4.90 Å². The molecule has 0 saturated heterocycles. The topological polar surface area (TPSA) is 97.8 Å². The zero-order valence-electron chi connectivity index (χ0n) is 25.5. The molecule has 46 heavy (non-hydrogen) atoms. The Kier molecular flexibility index (Phi) is 7.54. The average Bonchev–Trinajstić information content (AvgIpc) is 3.32. The van der Waals surface area contributed by atoms with Crippen LogP contribution >= 0.6 is 0 Å². The Balaban J connectivity index is 1.21. The van der Waals surface area contributed by atoms with Crippen molar-refractivity contribution in [1.82, 2.24) is 9.88 Å². The summed E-state index contributed by atoms with van der Waals surface area (Å²) in [5, 5.41) is 3.88. The average molecular weight is 610 g/mol. The molecule has 1 aliphatic carbocycles. The second-order valence-electron chi connectivity index (χ2n) is 11.4. The van der Waals surface area contributed by atoms with Crippen LogP contribution in [0.15, 0.2) is 91.0 Å². The number of imide groups is 1. The number of fused-ring (bicyclic) bond motifs is 3. The maximum atomic E-state index is 14.1. The van der Waals surface area contributed by atoms with E-state index in [1.807, 2.05) is 60.7 Å². The van der Waals surface area contributed by atoms with E-state index >= 15 is 0 Å². The van der Waals surface area contributed by atoms with E-state index in [1.54, 1.807) is 44.6 Å². The van der Waals surface area contributed by atoms with Gasteiger partial charge in [0, 0.05) is 11.1 Å². The predicted octanol–water partition coefficient (Wildman–Crippen LogP) is 7.18. The van der Waals surface area contributed by atoms with Crippen LogP contribution < -0.4 is 14.8 Å². The molecular formula is C38H31N3O5. The summed E-state index contributed by atoms with van der Waals surface area (Å²) in [6, 6.07) is 27.6. The van der Waals surface area contributed by atoms with Gasteiger partial charge in [0.25, 0.3) is 17.7 Å². The van der Waals surface area contributed by atoms with Gasteiger partial charge in [-0.05, 0) is 90.1 Å². The molecule has 8 nitrogen and oxygen atoms in total. The van der Waals surface area contributed by atoms with E-state index in [0.717, 1.165) is 58.1 Å². The van der Waals surface area contributed by atoms with Gasteiger partial charge in [0.2, 0.25) is 0 Å². The molecule has 1 aliphatic heterocycles. The van der Waals surface area contributed by atoms with Crippen molar-refractivity contribution in [3.63, 3.8) is 0 Å². The van der Waals surface area contributed by atoms with Gasteiger partial charge < -0.3 is 14.8 Å². The molecule has 0 unspecified atom stereocenters. The maximum Gasteiger partial charge on any atom is 0.261 e. The number of amides is 3. The molecule has 0 radical (unpaired) electrons. The number of carbonyl (C=O) groups excluding carboxylic acids is 3. The van der Waals surface area contributed by atoms with Crippen LogP contribution in [-0.4, -0.2) is 41.8 Å². The lowest BCUT2D eigenvalue weighted by atomic mass is 9.85. The fourth-order valence-electron chi connectivity index (χ4n) is 6.38. The van der Waals surface area contributed by atoms with E-state index in [0.29, 0.717) is 33.9 Å². The SMILES string of the molecule is COc1ccc(/C=C2/CCCc3c2nc2ccccc2c3C(=O)Nc2cccc(CN3C(=O)c4ccccc4C3=O)c2)cc1OC. The molecule has 0 fully saturated rings. The lowest BCUT2D eigenvalue weighted by molar-refractivity contribution is 0.0642. The fourth-order valence-corrected chi connectivity index (χ4v) is 6.38. The molecule has 4 aromatic carbocycles. The molecule has 1 N–H and O–H groups in total. The Morgan fingerprint density at radius 3 is 2.35 bits per heavy atom. The third kappa shape index (κ3) is 5.17. The molecule has 5 aromatic rings. The van der Waals surface area contributed by atoms with E-state index in [4.69, 9.17) is 14.5 Å². The van der Waals surface area contributed by atoms with Gasteiger partial charge in [0.15, 0.2) is 11.5 Å². The van der Waals surface area contributed by atoms with E-state index in [9.17, 15) is 14.4 Å². The fraction of sp³-hybridized carbons (Fsp3) is 0.158. The minimum absolute atomic E-state index is 0.105. The summed E-state index contributed by atoms with van der Waals surface area (Å²) in [5.74, 6) is 0.429. The first-order chi connectivity index (χ1) is 22.4. The van der Waals surface area contributed by atoms with Crippen molar-refractivity contribution in [2.75, 3.05) is 19.5 Å². The molecule has 0 bridgehead atoms. The summed E-state index contributed by atoms with van der Waals surface area (Å²) in [4.78, 5) is 46.3. The number of aromatic nitrogens is 1. The first kappa shape index (κ1) is 29.0. The highest BCUT2D eigenvalue weighted by Gasteiger charge is 2.35. The number of nitrogens with one attached hydrogen (secondary N) is 1. The number of pyridine rings is 1. The number of ether oxygens (including phenoxy) is 2. The van der Waals surface area contributed by atoms with Crippen LogP contribution in [-0.2, 0) is 13.0 Å². The number of methoxy groups -OCH3 is 2. The van der Waals surface area contributed by atoms with Crippen LogP contribution in [0.2, 0.25) is 0 Å². The predicted molar refractivity (Wildman–Crippen MR) is 177 cm³/mol. The van der Waals surface area contributed by atoms with E-state index < -0.39 is 0 Å². The number of carbonyl (C=O) groups is 3. The Morgan fingerprint density at radius 2 is 1.59 bits per heavy atom. The van der Waals surface area contributed by atoms with Crippen LogP contribution in [0.4, 0.5) is 5.69 Å². The summed E-state index contributed by atoms with van der Waals surface area (Å²) < 4.78 is 10.9. The second-order valence-corrected chi connectivity index (χ2v) is 11.4. The number of rotatable bonds is 7. The van der Waals surface area contributed by atoms with E-state index in [-0.39, 0.29) is 24.3 Å². The van der Waals surface area contributed by atoms with Gasteiger partial charge in [-0.3, -0.25) is 19.3 Å². The highest BCUT2D eigenvalue weighted by atomic mass is 16.5. The largest absolute Gasteiger partial charge is 0.493 e. The second kappa shape index (κ2) is 12.0. The van der Waals surface area contributed by atoms with Crippen LogP contribution in [0.3, 0.4) is 0 Å². The van der Waals surface area contributed by atoms with Gasteiger partial charge >= 0.3 is 0 Å². The molecule has 0 atom stereocenters. The van der Waals surface area contributed by atoms with Gasteiger partial charge in [-0.15, -0.1) is 0 Å². The van der Waals surface area contributed by atoms with Gasteiger partial charge in [0.05, 0.1) is 48.7 Å². The molecule has 8 heteroatoms. The lowest BCUT2D eigenvalue weighted by Crippen LogP contribution is -2.29. The number of hydrogen-bond donors (Lipinski definition) is 1. The van der Waals surface area contributed by atoms with Crippen molar-refractivity contribution in [1.29, 1.82) is 0 Å². The zero-order chi connectivity index (χ0) is 31.8. The molecule has 0 spiro atoms. The number of hydrogen-bond acceptors (Lipinski definition) is 6. The molecule has 1 aromatic heterocycles. The first-order valence-corrected chi connectivity index (χ1v) is 15.1. The zero-order valence-corrected chi connectivity index (χ0v) is 25.5. The lowest BCUT2D eigenvalue weighted by Gasteiger charge is -2.23. The Morgan fingerprint density at radius 1 is 0.848 bits per heavy atom. The molecular weight excluding hydrogens is 578 g/mol. The van der Waals surface area contributed by atoms with Crippen molar-refractivity contribution in [3.8, 4) is 11.5 Å². The molecule has 0 saturated carbocycles. The number of anilines is 1. The van der Waals surface area contributed by atoms with Crippen LogP contribution in [0.5, 0.6) is 11.5 Å². The van der Waals surface area contributed by atoms with Crippen molar-refractivity contribution >= 4 is 46.0 Å². The Labute approximate surface area is 266 Å². The normalized spacial score (nSPS) is 14.7. The smallest absolute Gasteiger partial charge is 0.261 e. The summed E-state index contributed by atoms with van der Waals surface area (Å²) in [6.45, 7) is 0.105. The third-order valence-electron chi connectivity index (χ3n) is 8.55. The summed E-state index contributed by atoms with van der Waals surface area (Å²) in [5.41, 5.74) is 7.21. The van der Waals surface area contributed by atoms with Gasteiger partial charge in [-0.25, -0.2) is 4.98 Å². The van der Waals surface area contributed by atoms with Crippen LogP contribution in [0, 0.1) is 0 Å². The Hall–Kier alpha value is -5.76. The number of allylic oxidation sites excluding steroid dienone is 1. The van der Waals surface area contributed by atoms with Crippen LogP contribution in [0.1, 0.15) is 66.3 Å². The van der Waals surface area contributed by atoms with Crippen LogP contribution in [0.25, 0.3) is 22.6 Å². The summed E-state index contributed by atoms with van der Waals surface area (Å²) >= 11 is 0. The third-order valence-corrected chi connectivity index (χ3v) is 8.55. The molecule has 7 rings (SSSR count). The molecule has 2 aliphatic rings. The standard InChI is InChI=1S/C38H31N3O5/c1-45-32-18-17-23(21-33(32)46-2)19-25-10-8-15-30-34(29-14-5-6-16-31(29)40-35(25)30)36(42)39-26-11-7-9-24(20-26)22-41-37(43)27-12-3-4-13-28(27)38(41)44/h3-7,9,11-14,16-21H,8,10,15,22H2,1-2H3,(H,39,42)/b25-19-. The highest BCUT2D eigenvalue weighted by Crippen LogP contribution is 2.38. The van der Waals surface area contributed by atoms with E-state index in [2.05, 4.69) is 11.4 Å². The molecule has 3 amide bonds. The first-order valence-electron chi connectivity index (χ1n) is 15.1. The van der Waals surface area contributed by atoms with Gasteiger partial charge in [-0.2, -0.15) is 0 Å². The minimum Gasteiger partial charge on any atom is -0.493 e. The van der Waals surface area contributed by atoms with Crippen molar-refractivity contribution in [2.24, 2.45) is 0 Å². The number of nitrogens with zero attached hydrogens (tertiary/aromatic N) is 2. The van der Waals surface area contributed by atoms with Crippen molar-refractivity contribution in [2.45, 2.75) is 25.8 Å². The maximum absolute atomic E-state index is 14.1. The van der Waals surface area contributed by atoms with Gasteiger partial charge in [0.1, 0.15) is 0 Å². The monoisotopic (exact) mass is 609 g/mol. The summed E-state index contributed by atoms with van der Waals surface area (Å²) in [6.07, 6.45) is 4.53. The molecule has 228 valence electrons. The minimum atomic E-state index is -0.318. The van der Waals surface area contributed by atoms with Crippen molar-refractivity contribution in [3.05, 3.63) is 130 Å². The van der Waals surface area contributed by atoms with Gasteiger partial charge in [-0.1, -0.05) is 48.5 Å². The molecule has 2 heterocycles. The van der Waals surface area contributed by atoms with Crippen molar-refractivity contribution < 1.29 is 23.9 Å². The highest BCUT2D eigenvalue weighted by molar-refractivity contribution is 6.21. The Bertz CT molecular complexity index is 2050. The summed E-state index contributed by atoms with van der Waals surface area (Å²) in [7, 11) is 3.23.